The molecule has 0 bridgehead atoms. The topological polar surface area (TPSA) is 82.3 Å². The Morgan fingerprint density at radius 1 is 1.12 bits per heavy atom. The van der Waals surface area contributed by atoms with Crippen LogP contribution in [0.3, 0.4) is 0 Å². The Hall–Kier alpha value is -2.72. The minimum absolute atomic E-state index is 0.0603. The average Bonchev–Trinajstić information content (AvgIpc) is 3.42. The predicted octanol–water partition coefficient (Wildman–Crippen LogP) is 4.00. The van der Waals surface area contributed by atoms with Crippen LogP contribution in [-0.2, 0) is 19.4 Å². The van der Waals surface area contributed by atoms with E-state index in [0.717, 1.165) is 73.8 Å². The summed E-state index contributed by atoms with van der Waals surface area (Å²) in [5.74, 6) is 0.820. The molecule has 3 aromatic heterocycles. The summed E-state index contributed by atoms with van der Waals surface area (Å²) in [5, 5.41) is 19.4. The number of phenols is 1. The third-order valence-electron chi connectivity index (χ3n) is 6.73. The summed E-state index contributed by atoms with van der Waals surface area (Å²) in [6.07, 6.45) is 5.62. The molecule has 8 nitrogen and oxygen atoms in total. The first-order valence-electron chi connectivity index (χ1n) is 11.5. The van der Waals surface area contributed by atoms with Crippen molar-refractivity contribution in [3.63, 3.8) is 0 Å². The van der Waals surface area contributed by atoms with Gasteiger partial charge in [0.15, 0.2) is 0 Å². The van der Waals surface area contributed by atoms with Crippen molar-refractivity contribution < 1.29 is 5.11 Å². The fourth-order valence-electron chi connectivity index (χ4n) is 4.77. The number of halogens is 1. The van der Waals surface area contributed by atoms with Gasteiger partial charge in [-0.25, -0.2) is 9.97 Å². The van der Waals surface area contributed by atoms with Crippen LogP contribution in [0.1, 0.15) is 11.3 Å². The highest BCUT2D eigenvalue weighted by molar-refractivity contribution is 7.22. The van der Waals surface area contributed by atoms with Crippen LogP contribution in [-0.4, -0.2) is 74.4 Å². The molecular formula is C24H26ClN7OS. The Labute approximate surface area is 206 Å². The average molecular weight is 496 g/mol. The molecular weight excluding hydrogens is 470 g/mol. The standard InChI is InChI=1S/C24H26ClN7OS/c1-30-6-8-31(9-7-30)10-11-32-13-17-19(29-32)4-3-16-21-23(26-14-27-24(21)34-22(16)17)28-15-2-5-20(33)18(25)12-15/h2,5,12-14,33H,3-4,6-11H2,1H3,(H,26,27,28). The Balaban J connectivity index is 1.28. The van der Waals surface area contributed by atoms with Crippen LogP contribution >= 0.6 is 22.9 Å². The molecule has 0 radical (unpaired) electrons. The smallest absolute Gasteiger partial charge is 0.142 e. The molecule has 0 amide bonds. The Morgan fingerprint density at radius 3 is 2.79 bits per heavy atom. The number of rotatable bonds is 5. The van der Waals surface area contributed by atoms with Gasteiger partial charge in [-0.2, -0.15) is 5.10 Å². The number of phenolic OH excluding ortho intramolecular Hbond substituents is 1. The van der Waals surface area contributed by atoms with Crippen LogP contribution in [0.15, 0.2) is 30.7 Å². The third-order valence-corrected chi connectivity index (χ3v) is 8.21. The normalized spacial score (nSPS) is 16.5. The fraction of sp³-hybridized carbons (Fsp3) is 0.375. The van der Waals surface area contributed by atoms with Gasteiger partial charge in [0.05, 0.1) is 22.6 Å². The van der Waals surface area contributed by atoms with E-state index >= 15 is 0 Å². The quantitative estimate of drug-likeness (QED) is 0.405. The van der Waals surface area contributed by atoms with E-state index in [1.54, 1.807) is 35.9 Å². The van der Waals surface area contributed by atoms with Crippen LogP contribution in [0.2, 0.25) is 5.02 Å². The molecule has 0 atom stereocenters. The summed E-state index contributed by atoms with van der Waals surface area (Å²) in [4.78, 5) is 16.2. The highest BCUT2D eigenvalue weighted by Crippen LogP contribution is 2.45. The zero-order valence-electron chi connectivity index (χ0n) is 19.0. The van der Waals surface area contributed by atoms with Gasteiger partial charge < -0.3 is 15.3 Å². The number of aromatic hydroxyl groups is 1. The van der Waals surface area contributed by atoms with Crippen molar-refractivity contribution in [1.29, 1.82) is 0 Å². The lowest BCUT2D eigenvalue weighted by Crippen LogP contribution is -2.45. The van der Waals surface area contributed by atoms with Crippen molar-refractivity contribution in [2.45, 2.75) is 19.4 Å². The molecule has 1 aromatic carbocycles. The zero-order valence-corrected chi connectivity index (χ0v) is 20.5. The second-order valence-electron chi connectivity index (χ2n) is 9.00. The SMILES string of the molecule is CN1CCN(CCn2cc3c(n2)CCc2c-3sc3ncnc(Nc4ccc(O)c(Cl)c4)c23)CC1. The first-order chi connectivity index (χ1) is 16.5. The van der Waals surface area contributed by atoms with Crippen molar-refractivity contribution in [2.75, 3.05) is 45.1 Å². The lowest BCUT2D eigenvalue weighted by molar-refractivity contribution is 0.148. The molecule has 0 saturated carbocycles. The minimum Gasteiger partial charge on any atom is -0.506 e. The lowest BCUT2D eigenvalue weighted by atomic mass is 9.95. The van der Waals surface area contributed by atoms with Gasteiger partial charge in [-0.1, -0.05) is 11.6 Å². The maximum absolute atomic E-state index is 9.73. The van der Waals surface area contributed by atoms with E-state index in [0.29, 0.717) is 5.02 Å². The number of hydrogen-bond donors (Lipinski definition) is 2. The summed E-state index contributed by atoms with van der Waals surface area (Å²) in [7, 11) is 2.19. The van der Waals surface area contributed by atoms with Crippen LogP contribution in [0.25, 0.3) is 20.7 Å². The van der Waals surface area contributed by atoms with E-state index in [1.165, 1.54) is 21.7 Å². The highest BCUT2D eigenvalue weighted by Gasteiger charge is 2.26. The molecule has 6 rings (SSSR count). The van der Waals surface area contributed by atoms with Gasteiger partial charge in [0, 0.05) is 55.0 Å². The summed E-state index contributed by atoms with van der Waals surface area (Å²) in [6, 6.07) is 5.07. The van der Waals surface area contributed by atoms with Gasteiger partial charge in [0.25, 0.3) is 0 Å². The molecule has 1 fully saturated rings. The molecule has 176 valence electrons. The van der Waals surface area contributed by atoms with Crippen molar-refractivity contribution in [2.24, 2.45) is 0 Å². The van der Waals surface area contributed by atoms with E-state index in [1.807, 2.05) is 0 Å². The lowest BCUT2D eigenvalue weighted by Gasteiger charge is -2.32. The number of nitrogens with zero attached hydrogens (tertiary/aromatic N) is 6. The number of piperazine rings is 1. The number of aromatic nitrogens is 4. The molecule has 4 aromatic rings. The zero-order chi connectivity index (χ0) is 23.2. The van der Waals surface area contributed by atoms with Gasteiger partial charge >= 0.3 is 0 Å². The van der Waals surface area contributed by atoms with Gasteiger partial charge in [-0.05, 0) is 43.7 Å². The maximum atomic E-state index is 9.73. The summed E-state index contributed by atoms with van der Waals surface area (Å²) in [6.45, 7) is 6.45. The monoisotopic (exact) mass is 495 g/mol. The predicted molar refractivity (Wildman–Crippen MR) is 136 cm³/mol. The van der Waals surface area contributed by atoms with Crippen LogP contribution in [0.4, 0.5) is 11.5 Å². The van der Waals surface area contributed by atoms with Crippen LogP contribution in [0.5, 0.6) is 5.75 Å². The molecule has 4 heterocycles. The molecule has 1 saturated heterocycles. The molecule has 2 N–H and O–H groups in total. The Morgan fingerprint density at radius 2 is 1.97 bits per heavy atom. The summed E-state index contributed by atoms with van der Waals surface area (Å²) >= 11 is 7.80. The van der Waals surface area contributed by atoms with E-state index in [4.69, 9.17) is 16.7 Å². The van der Waals surface area contributed by atoms with E-state index in [-0.39, 0.29) is 5.75 Å². The number of benzene rings is 1. The van der Waals surface area contributed by atoms with Crippen molar-refractivity contribution >= 4 is 44.7 Å². The number of aryl methyl sites for hydroxylation is 2. The fourth-order valence-corrected chi connectivity index (χ4v) is 6.18. The molecule has 0 unspecified atom stereocenters. The molecule has 10 heteroatoms. The number of thiophene rings is 1. The van der Waals surface area contributed by atoms with Gasteiger partial charge in [0.1, 0.15) is 22.7 Å². The number of likely N-dealkylation sites (N-methyl/N-ethyl adjacent to an activating group) is 1. The van der Waals surface area contributed by atoms with Crippen molar-refractivity contribution in [3.8, 4) is 16.2 Å². The summed E-state index contributed by atoms with van der Waals surface area (Å²) in [5.41, 5.74) is 4.45. The molecule has 2 aliphatic rings. The van der Waals surface area contributed by atoms with Crippen LogP contribution < -0.4 is 5.32 Å². The molecule has 1 aliphatic heterocycles. The molecule has 34 heavy (non-hydrogen) atoms. The van der Waals surface area contributed by atoms with E-state index in [2.05, 4.69) is 43.0 Å². The second kappa shape index (κ2) is 8.81. The number of hydrogen-bond acceptors (Lipinski definition) is 8. The second-order valence-corrected chi connectivity index (χ2v) is 10.4. The van der Waals surface area contributed by atoms with E-state index < -0.39 is 0 Å². The van der Waals surface area contributed by atoms with Gasteiger partial charge in [0.2, 0.25) is 0 Å². The van der Waals surface area contributed by atoms with Crippen molar-refractivity contribution in [1.82, 2.24) is 29.5 Å². The Kier molecular flexibility index (Phi) is 5.65. The highest BCUT2D eigenvalue weighted by atomic mass is 35.5. The van der Waals surface area contributed by atoms with Gasteiger partial charge in [-0.15, -0.1) is 11.3 Å². The third kappa shape index (κ3) is 4.02. The first-order valence-corrected chi connectivity index (χ1v) is 12.7. The Bertz CT molecular complexity index is 1360. The maximum Gasteiger partial charge on any atom is 0.142 e. The number of nitrogens with one attached hydrogen (secondary N) is 1. The largest absolute Gasteiger partial charge is 0.506 e. The number of anilines is 2. The van der Waals surface area contributed by atoms with Crippen LogP contribution in [0, 0.1) is 0 Å². The molecule has 1 aliphatic carbocycles. The van der Waals surface area contributed by atoms with Crippen molar-refractivity contribution in [3.05, 3.63) is 47.0 Å². The van der Waals surface area contributed by atoms with E-state index in [9.17, 15) is 5.11 Å². The summed E-state index contributed by atoms with van der Waals surface area (Å²) < 4.78 is 2.12. The molecule has 0 spiro atoms. The van der Waals surface area contributed by atoms with Gasteiger partial charge in [-0.3, -0.25) is 9.58 Å². The minimum atomic E-state index is 0.0603. The first kappa shape index (κ1) is 21.8. The number of fused-ring (bicyclic) bond motifs is 5.